The van der Waals surface area contributed by atoms with Gasteiger partial charge in [-0.3, -0.25) is 4.99 Å². The zero-order chi connectivity index (χ0) is 17.5. The van der Waals surface area contributed by atoms with E-state index in [-0.39, 0.29) is 24.0 Å². The van der Waals surface area contributed by atoms with Gasteiger partial charge >= 0.3 is 0 Å². The van der Waals surface area contributed by atoms with E-state index in [2.05, 4.69) is 66.4 Å². The zero-order valence-corrected chi connectivity index (χ0v) is 19.9. The van der Waals surface area contributed by atoms with E-state index in [0.29, 0.717) is 0 Å². The topological polar surface area (TPSA) is 48.9 Å². The molecular weight excluding hydrogens is 527 g/mol. The van der Waals surface area contributed by atoms with Gasteiger partial charge in [-0.15, -0.1) is 24.0 Å². The highest BCUT2D eigenvalue weighted by atomic mass is 127. The minimum Gasteiger partial charge on any atom is -0.378 e. The number of nitrogens with one attached hydrogen (secondary N) is 2. The molecule has 26 heavy (non-hydrogen) atoms. The lowest BCUT2D eigenvalue weighted by molar-refractivity contribution is 0.122. The van der Waals surface area contributed by atoms with Crippen LogP contribution in [0.4, 0.5) is 5.69 Å². The molecule has 2 heterocycles. The monoisotopic (exact) mass is 554 g/mol. The second-order valence-corrected chi connectivity index (χ2v) is 8.64. The molecule has 2 fully saturated rings. The Morgan fingerprint density at radius 3 is 2.85 bits per heavy atom. The summed E-state index contributed by atoms with van der Waals surface area (Å²) in [6, 6.07) is 6.49. The first-order valence-corrected chi connectivity index (χ1v) is 10.8. The molecule has 2 aliphatic heterocycles. The van der Waals surface area contributed by atoms with Crippen LogP contribution in [0.3, 0.4) is 0 Å². The number of anilines is 1. The van der Waals surface area contributed by atoms with Crippen LogP contribution < -0.4 is 15.5 Å². The summed E-state index contributed by atoms with van der Waals surface area (Å²) in [5.74, 6) is 2.17. The molecule has 8 heteroatoms. The lowest BCUT2D eigenvalue weighted by Gasteiger charge is -2.31. The van der Waals surface area contributed by atoms with Crippen molar-refractivity contribution in [2.45, 2.75) is 24.6 Å². The zero-order valence-electron chi connectivity index (χ0n) is 15.2. The molecule has 2 aliphatic rings. The molecule has 1 aromatic rings. The largest absolute Gasteiger partial charge is 0.378 e. The molecule has 1 atom stereocenters. The minimum atomic E-state index is 0. The SMILES string of the molecule is CN=C(NCc1ccc(Br)cc1N1CCOCC1)NCC1CCCS1.I. The molecule has 2 saturated heterocycles. The van der Waals surface area contributed by atoms with E-state index in [9.17, 15) is 0 Å². The Hall–Kier alpha value is -0.190. The second-order valence-electron chi connectivity index (χ2n) is 6.31. The first-order chi connectivity index (χ1) is 12.3. The maximum atomic E-state index is 5.49. The van der Waals surface area contributed by atoms with Gasteiger partial charge in [-0.1, -0.05) is 22.0 Å². The maximum Gasteiger partial charge on any atom is 0.191 e. The summed E-state index contributed by atoms with van der Waals surface area (Å²) in [6.07, 6.45) is 2.65. The first-order valence-electron chi connectivity index (χ1n) is 8.93. The average Bonchev–Trinajstić information content (AvgIpc) is 3.17. The van der Waals surface area contributed by atoms with E-state index in [1.807, 2.05) is 7.05 Å². The molecule has 0 aromatic heterocycles. The molecule has 0 radical (unpaired) electrons. The van der Waals surface area contributed by atoms with E-state index in [4.69, 9.17) is 4.74 Å². The number of aliphatic imine (C=N–C) groups is 1. The lowest BCUT2D eigenvalue weighted by Crippen LogP contribution is -2.40. The predicted octanol–water partition coefficient (Wildman–Crippen LogP) is 3.46. The molecule has 146 valence electrons. The molecule has 0 amide bonds. The van der Waals surface area contributed by atoms with Crippen LogP contribution in [0.5, 0.6) is 0 Å². The molecule has 0 spiro atoms. The van der Waals surface area contributed by atoms with Gasteiger partial charge in [-0.2, -0.15) is 11.8 Å². The molecule has 0 bridgehead atoms. The number of ether oxygens (including phenoxy) is 1. The van der Waals surface area contributed by atoms with Crippen LogP contribution in [-0.2, 0) is 11.3 Å². The van der Waals surface area contributed by atoms with Crippen LogP contribution in [0.2, 0.25) is 0 Å². The van der Waals surface area contributed by atoms with Gasteiger partial charge in [0.25, 0.3) is 0 Å². The van der Waals surface area contributed by atoms with Crippen LogP contribution in [0.25, 0.3) is 0 Å². The number of guanidine groups is 1. The number of thioether (sulfide) groups is 1. The van der Waals surface area contributed by atoms with Gasteiger partial charge in [-0.05, 0) is 36.3 Å². The minimum absolute atomic E-state index is 0. The Morgan fingerprint density at radius 2 is 2.15 bits per heavy atom. The molecule has 5 nitrogen and oxygen atoms in total. The smallest absolute Gasteiger partial charge is 0.191 e. The van der Waals surface area contributed by atoms with E-state index in [0.717, 1.165) is 55.1 Å². The van der Waals surface area contributed by atoms with E-state index in [1.54, 1.807) is 0 Å². The molecule has 2 N–H and O–H groups in total. The molecule has 0 aliphatic carbocycles. The van der Waals surface area contributed by atoms with Crippen LogP contribution >= 0.6 is 51.7 Å². The lowest BCUT2D eigenvalue weighted by atomic mass is 10.1. The van der Waals surface area contributed by atoms with Gasteiger partial charge < -0.3 is 20.3 Å². The van der Waals surface area contributed by atoms with Crippen LogP contribution in [-0.4, -0.2) is 56.9 Å². The highest BCUT2D eigenvalue weighted by molar-refractivity contribution is 14.0. The summed E-state index contributed by atoms with van der Waals surface area (Å²) < 4.78 is 6.60. The number of hydrogen-bond donors (Lipinski definition) is 2. The standard InChI is InChI=1S/C18H27BrN4OS.HI/c1-20-18(22-13-16-3-2-10-25-16)21-12-14-4-5-15(19)11-17(14)23-6-8-24-9-7-23;/h4-5,11,16H,2-3,6-10,12-13H2,1H3,(H2,20,21,22);1H. The van der Waals surface area contributed by atoms with Crippen LogP contribution in [0, 0.1) is 0 Å². The second kappa shape index (κ2) is 11.6. The van der Waals surface area contributed by atoms with Gasteiger partial charge in [0.2, 0.25) is 0 Å². The number of nitrogens with zero attached hydrogens (tertiary/aromatic N) is 2. The molecule has 0 saturated carbocycles. The highest BCUT2D eigenvalue weighted by Gasteiger charge is 2.17. The van der Waals surface area contributed by atoms with Crippen molar-refractivity contribution in [2.75, 3.05) is 50.5 Å². The Kier molecular flexibility index (Phi) is 9.87. The predicted molar refractivity (Wildman–Crippen MR) is 126 cm³/mol. The summed E-state index contributed by atoms with van der Waals surface area (Å²) in [4.78, 5) is 6.77. The number of rotatable bonds is 5. The number of halogens is 2. The van der Waals surface area contributed by atoms with Gasteiger partial charge in [-0.25, -0.2) is 0 Å². The average molecular weight is 555 g/mol. The van der Waals surface area contributed by atoms with Crippen molar-refractivity contribution in [3.8, 4) is 0 Å². The Balaban J connectivity index is 0.00000243. The van der Waals surface area contributed by atoms with Crippen molar-refractivity contribution < 1.29 is 4.74 Å². The fourth-order valence-electron chi connectivity index (χ4n) is 3.20. The highest BCUT2D eigenvalue weighted by Crippen LogP contribution is 2.26. The van der Waals surface area contributed by atoms with Crippen LogP contribution in [0.15, 0.2) is 27.7 Å². The van der Waals surface area contributed by atoms with Gasteiger partial charge in [0.15, 0.2) is 5.96 Å². The molecule has 1 aromatic carbocycles. The Labute approximate surface area is 186 Å². The van der Waals surface area contributed by atoms with Crippen molar-refractivity contribution in [3.63, 3.8) is 0 Å². The number of morpholine rings is 1. The van der Waals surface area contributed by atoms with Crippen molar-refractivity contribution >= 4 is 63.3 Å². The summed E-state index contributed by atoms with van der Waals surface area (Å²) >= 11 is 5.67. The first kappa shape index (κ1) is 22.1. The summed E-state index contributed by atoms with van der Waals surface area (Å²) in [5.41, 5.74) is 2.55. The summed E-state index contributed by atoms with van der Waals surface area (Å²) in [5, 5.41) is 7.65. The van der Waals surface area contributed by atoms with Crippen molar-refractivity contribution in [1.29, 1.82) is 0 Å². The molecule has 3 rings (SSSR count). The maximum absolute atomic E-state index is 5.49. The van der Waals surface area contributed by atoms with Crippen molar-refractivity contribution in [3.05, 3.63) is 28.2 Å². The number of benzene rings is 1. The fourth-order valence-corrected chi connectivity index (χ4v) is 4.75. The third-order valence-electron chi connectivity index (χ3n) is 4.59. The Morgan fingerprint density at radius 1 is 1.35 bits per heavy atom. The fraction of sp³-hybridized carbons (Fsp3) is 0.611. The third-order valence-corrected chi connectivity index (χ3v) is 6.48. The molecular formula is C18H28BrIN4OS. The summed E-state index contributed by atoms with van der Waals surface area (Å²) in [6.45, 7) is 5.21. The third kappa shape index (κ3) is 6.45. The normalized spacial score (nSPS) is 20.6. The van der Waals surface area contributed by atoms with Gasteiger partial charge in [0, 0.05) is 48.6 Å². The Bertz CT molecular complexity index is 593. The van der Waals surface area contributed by atoms with E-state index in [1.165, 1.54) is 29.8 Å². The van der Waals surface area contributed by atoms with Gasteiger partial charge in [0.1, 0.15) is 0 Å². The van der Waals surface area contributed by atoms with Gasteiger partial charge in [0.05, 0.1) is 13.2 Å². The van der Waals surface area contributed by atoms with Crippen molar-refractivity contribution in [2.24, 2.45) is 4.99 Å². The quantitative estimate of drug-likeness (QED) is 0.332. The number of hydrogen-bond acceptors (Lipinski definition) is 4. The molecule has 1 unspecified atom stereocenters. The van der Waals surface area contributed by atoms with E-state index >= 15 is 0 Å². The summed E-state index contributed by atoms with van der Waals surface area (Å²) in [7, 11) is 1.83. The van der Waals surface area contributed by atoms with Crippen molar-refractivity contribution in [1.82, 2.24) is 10.6 Å². The van der Waals surface area contributed by atoms with E-state index < -0.39 is 0 Å². The van der Waals surface area contributed by atoms with Crippen LogP contribution in [0.1, 0.15) is 18.4 Å².